The van der Waals surface area contributed by atoms with Crippen LogP contribution in [-0.2, 0) is 0 Å². The maximum absolute atomic E-state index is 6.25. The lowest BCUT2D eigenvalue weighted by Gasteiger charge is -2.18. The fourth-order valence-electron chi connectivity index (χ4n) is 1.77. The maximum atomic E-state index is 6.25. The van der Waals surface area contributed by atoms with E-state index in [1.54, 1.807) is 0 Å². The molecule has 1 N–H and O–H groups in total. The molecular formula is C14H11Br2Cl2N. The summed E-state index contributed by atoms with van der Waals surface area (Å²) in [5.74, 6) is 0. The number of rotatable bonds is 3. The molecule has 1 nitrogen and oxygen atoms in total. The average Bonchev–Trinajstić information content (AvgIpc) is 2.32. The summed E-state index contributed by atoms with van der Waals surface area (Å²) < 4.78 is 1.92. The van der Waals surface area contributed by atoms with Crippen LogP contribution in [0.5, 0.6) is 0 Å². The summed E-state index contributed by atoms with van der Waals surface area (Å²) in [5, 5.41) is 4.76. The minimum atomic E-state index is 0.0688. The molecule has 100 valence electrons. The van der Waals surface area contributed by atoms with Gasteiger partial charge in [0.2, 0.25) is 0 Å². The molecule has 0 aliphatic heterocycles. The van der Waals surface area contributed by atoms with Gasteiger partial charge >= 0.3 is 0 Å². The molecule has 19 heavy (non-hydrogen) atoms. The van der Waals surface area contributed by atoms with Gasteiger partial charge in [0.25, 0.3) is 0 Å². The Kier molecular flexibility index (Phi) is 5.18. The Morgan fingerprint density at radius 1 is 0.947 bits per heavy atom. The molecule has 0 spiro atoms. The van der Waals surface area contributed by atoms with Crippen LogP contribution in [0.1, 0.15) is 18.5 Å². The number of hydrogen-bond donors (Lipinski definition) is 1. The lowest BCUT2D eigenvalue weighted by Crippen LogP contribution is -2.07. The van der Waals surface area contributed by atoms with Gasteiger partial charge in [-0.3, -0.25) is 0 Å². The number of halogens is 4. The van der Waals surface area contributed by atoms with Crippen LogP contribution in [0, 0.1) is 0 Å². The lowest BCUT2D eigenvalue weighted by atomic mass is 10.1. The van der Waals surface area contributed by atoms with Crippen molar-refractivity contribution in [3.63, 3.8) is 0 Å². The predicted molar refractivity (Wildman–Crippen MR) is 90.3 cm³/mol. The summed E-state index contributed by atoms with van der Waals surface area (Å²) in [5.41, 5.74) is 1.92. The SMILES string of the molecule is CC(Nc1ccc(Br)cc1Cl)c1ccc(Br)cc1Cl. The van der Waals surface area contributed by atoms with E-state index in [0.717, 1.165) is 25.2 Å². The van der Waals surface area contributed by atoms with Crippen molar-refractivity contribution < 1.29 is 0 Å². The number of nitrogens with one attached hydrogen (secondary N) is 1. The summed E-state index contributed by atoms with van der Waals surface area (Å²) in [6.07, 6.45) is 0. The van der Waals surface area contributed by atoms with Gasteiger partial charge in [-0.2, -0.15) is 0 Å². The summed E-state index contributed by atoms with van der Waals surface area (Å²) in [4.78, 5) is 0. The van der Waals surface area contributed by atoms with Crippen LogP contribution in [0.15, 0.2) is 45.3 Å². The Labute approximate surface area is 139 Å². The van der Waals surface area contributed by atoms with E-state index >= 15 is 0 Å². The third-order valence-electron chi connectivity index (χ3n) is 2.73. The molecule has 0 aromatic heterocycles. The second-order valence-electron chi connectivity index (χ2n) is 4.16. The highest BCUT2D eigenvalue weighted by molar-refractivity contribution is 9.10. The van der Waals surface area contributed by atoms with Crippen LogP contribution in [0.25, 0.3) is 0 Å². The van der Waals surface area contributed by atoms with Crippen molar-refractivity contribution in [3.05, 3.63) is 61.0 Å². The van der Waals surface area contributed by atoms with E-state index in [2.05, 4.69) is 37.2 Å². The predicted octanol–water partition coefficient (Wildman–Crippen LogP) is 6.69. The van der Waals surface area contributed by atoms with Crippen LogP contribution in [0.3, 0.4) is 0 Å². The quantitative estimate of drug-likeness (QED) is 0.579. The molecule has 0 fully saturated rings. The van der Waals surface area contributed by atoms with Crippen molar-refractivity contribution in [2.45, 2.75) is 13.0 Å². The van der Waals surface area contributed by atoms with E-state index < -0.39 is 0 Å². The first-order chi connectivity index (χ1) is 8.97. The topological polar surface area (TPSA) is 12.0 Å². The largest absolute Gasteiger partial charge is 0.377 e. The first-order valence-corrected chi connectivity index (χ1v) is 7.98. The van der Waals surface area contributed by atoms with Crippen LogP contribution in [-0.4, -0.2) is 0 Å². The number of hydrogen-bond acceptors (Lipinski definition) is 1. The monoisotopic (exact) mass is 421 g/mol. The van der Waals surface area contributed by atoms with E-state index in [0.29, 0.717) is 5.02 Å². The highest BCUT2D eigenvalue weighted by Crippen LogP contribution is 2.32. The molecule has 1 unspecified atom stereocenters. The zero-order valence-corrected chi connectivity index (χ0v) is 14.7. The molecule has 5 heteroatoms. The molecule has 0 heterocycles. The van der Waals surface area contributed by atoms with Gasteiger partial charge in [-0.05, 0) is 42.8 Å². The fraction of sp³-hybridized carbons (Fsp3) is 0.143. The Bertz CT molecular complexity index is 602. The normalized spacial score (nSPS) is 12.3. The summed E-state index contributed by atoms with van der Waals surface area (Å²) in [6, 6.07) is 11.7. The molecule has 0 saturated carbocycles. The van der Waals surface area contributed by atoms with Crippen molar-refractivity contribution in [1.82, 2.24) is 0 Å². The Balaban J connectivity index is 2.23. The molecule has 0 saturated heterocycles. The van der Waals surface area contributed by atoms with Gasteiger partial charge in [0.05, 0.1) is 16.8 Å². The third kappa shape index (κ3) is 3.88. The van der Waals surface area contributed by atoms with Gasteiger partial charge < -0.3 is 5.32 Å². The first-order valence-electron chi connectivity index (χ1n) is 5.64. The van der Waals surface area contributed by atoms with Gasteiger partial charge in [-0.15, -0.1) is 0 Å². The lowest BCUT2D eigenvalue weighted by molar-refractivity contribution is 0.884. The fourth-order valence-corrected chi connectivity index (χ4v) is 3.34. The van der Waals surface area contributed by atoms with Crippen molar-refractivity contribution in [3.8, 4) is 0 Å². The van der Waals surface area contributed by atoms with Crippen LogP contribution < -0.4 is 5.32 Å². The Hall–Kier alpha value is -0.220. The zero-order chi connectivity index (χ0) is 14.0. The molecule has 0 aliphatic rings. The van der Waals surface area contributed by atoms with E-state index in [9.17, 15) is 0 Å². The third-order valence-corrected chi connectivity index (χ3v) is 4.36. The average molecular weight is 424 g/mol. The van der Waals surface area contributed by atoms with E-state index in [1.165, 1.54) is 0 Å². The number of benzene rings is 2. The zero-order valence-electron chi connectivity index (χ0n) is 10.1. The standard InChI is InChI=1S/C14H11Br2Cl2N/c1-8(11-4-2-9(15)6-12(11)17)19-14-5-3-10(16)7-13(14)18/h2-8,19H,1H3. The molecule has 0 aliphatic carbocycles. The summed E-state index contributed by atoms with van der Waals surface area (Å²) in [6.45, 7) is 2.05. The van der Waals surface area contributed by atoms with E-state index in [1.807, 2.05) is 43.3 Å². The summed E-state index contributed by atoms with van der Waals surface area (Å²) >= 11 is 19.2. The van der Waals surface area contributed by atoms with Gasteiger partial charge in [-0.25, -0.2) is 0 Å². The minimum Gasteiger partial charge on any atom is -0.377 e. The van der Waals surface area contributed by atoms with Crippen molar-refractivity contribution >= 4 is 60.7 Å². The van der Waals surface area contributed by atoms with Crippen molar-refractivity contribution in [2.75, 3.05) is 5.32 Å². The van der Waals surface area contributed by atoms with Gasteiger partial charge in [0.15, 0.2) is 0 Å². The maximum Gasteiger partial charge on any atom is 0.0648 e. The highest BCUT2D eigenvalue weighted by Gasteiger charge is 2.11. The minimum absolute atomic E-state index is 0.0688. The first kappa shape index (κ1) is 15.2. The van der Waals surface area contributed by atoms with E-state index in [-0.39, 0.29) is 6.04 Å². The summed E-state index contributed by atoms with van der Waals surface area (Å²) in [7, 11) is 0. The van der Waals surface area contributed by atoms with Crippen molar-refractivity contribution in [2.24, 2.45) is 0 Å². The highest BCUT2D eigenvalue weighted by atomic mass is 79.9. The van der Waals surface area contributed by atoms with Gasteiger partial charge in [0.1, 0.15) is 0 Å². The van der Waals surface area contributed by atoms with E-state index in [4.69, 9.17) is 23.2 Å². The molecule has 2 aromatic carbocycles. The molecule has 0 radical (unpaired) electrons. The smallest absolute Gasteiger partial charge is 0.0648 e. The van der Waals surface area contributed by atoms with Gasteiger partial charge in [-0.1, -0.05) is 61.1 Å². The van der Waals surface area contributed by atoms with Crippen molar-refractivity contribution in [1.29, 1.82) is 0 Å². The Morgan fingerprint density at radius 2 is 1.53 bits per heavy atom. The van der Waals surface area contributed by atoms with Crippen LogP contribution in [0.4, 0.5) is 5.69 Å². The molecule has 2 rings (SSSR count). The molecule has 1 atom stereocenters. The molecule has 0 amide bonds. The number of anilines is 1. The molecule has 2 aromatic rings. The second kappa shape index (κ2) is 6.49. The second-order valence-corrected chi connectivity index (χ2v) is 6.80. The van der Waals surface area contributed by atoms with Gasteiger partial charge in [0, 0.05) is 14.0 Å². The Morgan fingerprint density at radius 3 is 2.11 bits per heavy atom. The molecule has 0 bridgehead atoms. The molecular weight excluding hydrogens is 413 g/mol. The van der Waals surface area contributed by atoms with Crippen LogP contribution in [0.2, 0.25) is 10.0 Å². The van der Waals surface area contributed by atoms with Crippen LogP contribution >= 0.6 is 55.1 Å².